The van der Waals surface area contributed by atoms with Gasteiger partial charge >= 0.3 is 0 Å². The summed E-state index contributed by atoms with van der Waals surface area (Å²) >= 11 is 22.6. The SMILES string of the molecule is CC(OC1(Cl)C=C(Cl)C(Cl)=CN1)C(=O)Cl. The van der Waals surface area contributed by atoms with Gasteiger partial charge < -0.3 is 10.1 Å². The fourth-order valence-electron chi connectivity index (χ4n) is 0.876. The van der Waals surface area contributed by atoms with Crippen LogP contribution in [0, 0.1) is 0 Å². The van der Waals surface area contributed by atoms with Gasteiger partial charge in [-0.25, -0.2) is 0 Å². The largest absolute Gasteiger partial charge is 0.346 e. The molecule has 3 nitrogen and oxygen atoms in total. The summed E-state index contributed by atoms with van der Waals surface area (Å²) in [6, 6.07) is 0. The van der Waals surface area contributed by atoms with E-state index in [1.54, 1.807) is 0 Å². The molecular weight excluding hydrogens is 284 g/mol. The summed E-state index contributed by atoms with van der Waals surface area (Å²) < 4.78 is 5.17. The molecule has 2 unspecified atom stereocenters. The Kier molecular flexibility index (Phi) is 4.32. The first kappa shape index (κ1) is 13.1. The van der Waals surface area contributed by atoms with Crippen LogP contribution in [0.4, 0.5) is 0 Å². The summed E-state index contributed by atoms with van der Waals surface area (Å²) in [5.41, 5.74) is 0. The first-order valence-electron chi connectivity index (χ1n) is 3.92. The average molecular weight is 291 g/mol. The lowest BCUT2D eigenvalue weighted by molar-refractivity contribution is -0.126. The molecule has 15 heavy (non-hydrogen) atoms. The average Bonchev–Trinajstić information content (AvgIpc) is 2.12. The minimum atomic E-state index is -1.40. The number of nitrogens with one attached hydrogen (secondary N) is 1. The number of ether oxygens (including phenoxy) is 1. The molecular formula is C8H7Cl4NO2. The van der Waals surface area contributed by atoms with Crippen molar-refractivity contribution in [1.29, 1.82) is 0 Å². The second-order valence-electron chi connectivity index (χ2n) is 2.84. The molecule has 2 atom stereocenters. The molecule has 84 valence electrons. The van der Waals surface area contributed by atoms with Gasteiger partial charge in [-0.05, 0) is 18.5 Å². The van der Waals surface area contributed by atoms with Gasteiger partial charge in [0.15, 0.2) is 0 Å². The molecule has 1 rings (SSSR count). The van der Waals surface area contributed by atoms with Gasteiger partial charge in [-0.3, -0.25) is 4.79 Å². The van der Waals surface area contributed by atoms with Crippen molar-refractivity contribution < 1.29 is 9.53 Å². The van der Waals surface area contributed by atoms with Gasteiger partial charge in [0.2, 0.25) is 10.4 Å². The molecule has 0 spiro atoms. The van der Waals surface area contributed by atoms with Crippen molar-refractivity contribution in [1.82, 2.24) is 5.32 Å². The molecule has 1 aliphatic heterocycles. The molecule has 0 aromatic carbocycles. The highest BCUT2D eigenvalue weighted by atomic mass is 35.5. The van der Waals surface area contributed by atoms with E-state index in [2.05, 4.69) is 5.32 Å². The second kappa shape index (κ2) is 4.93. The van der Waals surface area contributed by atoms with Crippen molar-refractivity contribution >= 4 is 51.6 Å². The lowest BCUT2D eigenvalue weighted by Crippen LogP contribution is -2.43. The Hall–Kier alpha value is 0.0700. The number of carbonyl (C=O) groups is 1. The fourth-order valence-corrected chi connectivity index (χ4v) is 1.59. The third-order valence-electron chi connectivity index (χ3n) is 1.60. The van der Waals surface area contributed by atoms with Crippen LogP contribution >= 0.6 is 46.4 Å². The highest BCUT2D eigenvalue weighted by Crippen LogP contribution is 2.30. The zero-order chi connectivity index (χ0) is 11.6. The number of dihydropyridines is 1. The smallest absolute Gasteiger partial charge is 0.250 e. The van der Waals surface area contributed by atoms with Crippen LogP contribution < -0.4 is 5.32 Å². The van der Waals surface area contributed by atoms with Crippen LogP contribution in [-0.4, -0.2) is 16.5 Å². The highest BCUT2D eigenvalue weighted by molar-refractivity contribution is 6.64. The molecule has 7 heteroatoms. The van der Waals surface area contributed by atoms with Crippen LogP contribution in [0.2, 0.25) is 0 Å². The number of carbonyl (C=O) groups excluding carboxylic acids is 1. The lowest BCUT2D eigenvalue weighted by atomic mass is 10.3. The predicted molar refractivity (Wildman–Crippen MR) is 61.0 cm³/mol. The van der Waals surface area contributed by atoms with Gasteiger partial charge in [0.25, 0.3) is 0 Å². The Morgan fingerprint density at radius 1 is 1.53 bits per heavy atom. The van der Waals surface area contributed by atoms with E-state index in [1.807, 2.05) is 0 Å². The van der Waals surface area contributed by atoms with Gasteiger partial charge in [0, 0.05) is 12.3 Å². The number of rotatable bonds is 3. The Labute approximate surface area is 107 Å². The van der Waals surface area contributed by atoms with Crippen molar-refractivity contribution in [2.45, 2.75) is 18.2 Å². The monoisotopic (exact) mass is 289 g/mol. The molecule has 1 heterocycles. The third-order valence-corrected chi connectivity index (χ3v) is 2.94. The van der Waals surface area contributed by atoms with Crippen LogP contribution in [0.5, 0.6) is 0 Å². The van der Waals surface area contributed by atoms with Crippen LogP contribution in [0.1, 0.15) is 6.92 Å². The number of halogens is 4. The van der Waals surface area contributed by atoms with E-state index < -0.39 is 16.5 Å². The van der Waals surface area contributed by atoms with E-state index in [0.717, 1.165) is 0 Å². The van der Waals surface area contributed by atoms with Crippen LogP contribution in [0.3, 0.4) is 0 Å². The molecule has 0 aliphatic carbocycles. The first-order chi connectivity index (χ1) is 6.84. The van der Waals surface area contributed by atoms with E-state index in [9.17, 15) is 4.79 Å². The van der Waals surface area contributed by atoms with Gasteiger partial charge in [-0.1, -0.05) is 34.8 Å². The molecule has 1 aliphatic rings. The minimum absolute atomic E-state index is 0.236. The second-order valence-corrected chi connectivity index (χ2v) is 4.59. The van der Waals surface area contributed by atoms with Crippen molar-refractivity contribution in [2.24, 2.45) is 0 Å². The third kappa shape index (κ3) is 3.54. The maximum atomic E-state index is 10.8. The predicted octanol–water partition coefficient (Wildman–Crippen LogP) is 2.86. The number of hydrogen-bond donors (Lipinski definition) is 1. The molecule has 0 radical (unpaired) electrons. The molecule has 0 saturated heterocycles. The van der Waals surface area contributed by atoms with E-state index in [1.165, 1.54) is 19.2 Å². The molecule has 0 fully saturated rings. The fraction of sp³-hybridized carbons (Fsp3) is 0.375. The maximum Gasteiger partial charge on any atom is 0.250 e. The lowest BCUT2D eigenvalue weighted by Gasteiger charge is -2.29. The normalized spacial score (nSPS) is 27.5. The maximum absolute atomic E-state index is 10.8. The Balaban J connectivity index is 2.75. The first-order valence-corrected chi connectivity index (χ1v) is 5.43. The molecule has 1 N–H and O–H groups in total. The van der Waals surface area contributed by atoms with Crippen molar-refractivity contribution in [2.75, 3.05) is 0 Å². The van der Waals surface area contributed by atoms with Gasteiger partial charge in [-0.15, -0.1) is 0 Å². The Bertz CT molecular complexity index is 342. The summed E-state index contributed by atoms with van der Waals surface area (Å²) in [6.45, 7) is 1.48. The van der Waals surface area contributed by atoms with Crippen LogP contribution in [0.25, 0.3) is 0 Å². The number of hydrogen-bond acceptors (Lipinski definition) is 3. The minimum Gasteiger partial charge on any atom is -0.346 e. The molecule has 0 bridgehead atoms. The number of allylic oxidation sites excluding steroid dienone is 2. The molecule has 0 aromatic heterocycles. The van der Waals surface area contributed by atoms with Gasteiger partial charge in [0.1, 0.15) is 6.10 Å². The van der Waals surface area contributed by atoms with E-state index in [0.29, 0.717) is 5.03 Å². The van der Waals surface area contributed by atoms with Crippen molar-refractivity contribution in [3.8, 4) is 0 Å². The van der Waals surface area contributed by atoms with Crippen molar-refractivity contribution in [3.63, 3.8) is 0 Å². The molecule has 0 saturated carbocycles. The Morgan fingerprint density at radius 2 is 2.13 bits per heavy atom. The summed E-state index contributed by atoms with van der Waals surface area (Å²) in [5, 5.41) is 1.13. The Morgan fingerprint density at radius 3 is 2.60 bits per heavy atom. The summed E-state index contributed by atoms with van der Waals surface area (Å²) in [7, 11) is 0. The van der Waals surface area contributed by atoms with Gasteiger partial charge in [0.05, 0.1) is 10.1 Å². The zero-order valence-corrected chi connectivity index (χ0v) is 10.6. The molecule has 0 amide bonds. The van der Waals surface area contributed by atoms with E-state index in [4.69, 9.17) is 51.1 Å². The highest BCUT2D eigenvalue weighted by Gasteiger charge is 2.32. The standard InChI is InChI=1S/C8H7Cl4NO2/c1-4(7(11)14)15-8(12)2-5(9)6(10)3-13-8/h2-4,13H,1H3. The van der Waals surface area contributed by atoms with Gasteiger partial charge in [-0.2, -0.15) is 0 Å². The van der Waals surface area contributed by atoms with E-state index >= 15 is 0 Å². The van der Waals surface area contributed by atoms with Crippen LogP contribution in [-0.2, 0) is 9.53 Å². The molecule has 0 aromatic rings. The zero-order valence-electron chi connectivity index (χ0n) is 7.56. The van der Waals surface area contributed by atoms with Crippen LogP contribution in [0.15, 0.2) is 22.3 Å². The van der Waals surface area contributed by atoms with Crippen molar-refractivity contribution in [3.05, 3.63) is 22.3 Å². The summed E-state index contributed by atoms with van der Waals surface area (Å²) in [5.74, 6) is 0. The quantitative estimate of drug-likeness (QED) is 0.493. The topological polar surface area (TPSA) is 38.3 Å². The summed E-state index contributed by atoms with van der Waals surface area (Å²) in [6.07, 6.45) is 1.86. The summed E-state index contributed by atoms with van der Waals surface area (Å²) in [4.78, 5) is 10.8. The van der Waals surface area contributed by atoms with E-state index in [-0.39, 0.29) is 5.03 Å². The number of alkyl halides is 1.